The molecule has 2 aromatic carbocycles. The number of hydrogen-bond donors (Lipinski definition) is 0. The molecule has 2 aromatic rings. The van der Waals surface area contributed by atoms with Gasteiger partial charge in [-0.15, -0.1) is 12.4 Å². The van der Waals surface area contributed by atoms with Crippen LogP contribution in [0.25, 0.3) is 0 Å². The number of hydrogen-bond acceptors (Lipinski definition) is 3. The molecule has 24 heavy (non-hydrogen) atoms. The lowest BCUT2D eigenvalue weighted by molar-refractivity contribution is 0.0966. The molecule has 0 saturated carbocycles. The van der Waals surface area contributed by atoms with Crippen LogP contribution in [-0.4, -0.2) is 30.3 Å². The summed E-state index contributed by atoms with van der Waals surface area (Å²) in [5, 5.41) is 0. The van der Waals surface area contributed by atoms with Gasteiger partial charge < -0.3 is 9.64 Å². The molecule has 0 unspecified atom stereocenters. The molecule has 0 aromatic heterocycles. The van der Waals surface area contributed by atoms with Crippen LogP contribution >= 0.6 is 12.4 Å². The van der Waals surface area contributed by atoms with Crippen LogP contribution in [0, 0.1) is 6.92 Å². The molecule has 0 heterocycles. The molecule has 0 bridgehead atoms. The molecule has 130 valence electrons. The SMILES string of the molecule is CCN(CC)CCC(=O)c1ccc(Oc2ccc(C)cc2)cc1.Cl. The summed E-state index contributed by atoms with van der Waals surface area (Å²) in [5.41, 5.74) is 1.94. The second-order valence-electron chi connectivity index (χ2n) is 5.64. The van der Waals surface area contributed by atoms with Gasteiger partial charge in [0.25, 0.3) is 0 Å². The van der Waals surface area contributed by atoms with E-state index in [1.54, 1.807) is 0 Å². The molecule has 0 aliphatic heterocycles. The molecule has 0 aliphatic carbocycles. The Bertz CT molecular complexity index is 619. The van der Waals surface area contributed by atoms with Crippen molar-refractivity contribution >= 4 is 18.2 Å². The number of aryl methyl sites for hydroxylation is 1. The fraction of sp³-hybridized carbons (Fsp3) is 0.350. The third-order valence-corrected chi connectivity index (χ3v) is 3.98. The minimum absolute atomic E-state index is 0. The number of nitrogens with zero attached hydrogens (tertiary/aromatic N) is 1. The van der Waals surface area contributed by atoms with E-state index in [1.807, 2.05) is 55.5 Å². The summed E-state index contributed by atoms with van der Waals surface area (Å²) in [6, 6.07) is 15.3. The van der Waals surface area contributed by atoms with Crippen LogP contribution in [0.15, 0.2) is 48.5 Å². The van der Waals surface area contributed by atoms with Crippen molar-refractivity contribution in [3.05, 3.63) is 59.7 Å². The third-order valence-electron chi connectivity index (χ3n) is 3.98. The Labute approximate surface area is 151 Å². The lowest BCUT2D eigenvalue weighted by Crippen LogP contribution is -2.25. The molecule has 4 heteroatoms. The number of Topliss-reactive ketones (excluding diaryl/α,β-unsaturated/α-hetero) is 1. The highest BCUT2D eigenvalue weighted by molar-refractivity contribution is 5.96. The van der Waals surface area contributed by atoms with Gasteiger partial charge in [0.15, 0.2) is 5.78 Å². The van der Waals surface area contributed by atoms with Crippen molar-refractivity contribution in [1.82, 2.24) is 4.90 Å². The molecule has 0 spiro atoms. The van der Waals surface area contributed by atoms with Crippen LogP contribution in [0.5, 0.6) is 11.5 Å². The maximum atomic E-state index is 12.2. The summed E-state index contributed by atoms with van der Waals surface area (Å²) >= 11 is 0. The van der Waals surface area contributed by atoms with Crippen LogP contribution < -0.4 is 4.74 Å². The van der Waals surface area contributed by atoms with Crippen LogP contribution in [0.3, 0.4) is 0 Å². The average Bonchev–Trinajstić information content (AvgIpc) is 2.58. The van der Waals surface area contributed by atoms with E-state index in [0.29, 0.717) is 6.42 Å². The van der Waals surface area contributed by atoms with Crippen molar-refractivity contribution in [2.45, 2.75) is 27.2 Å². The maximum Gasteiger partial charge on any atom is 0.164 e. The minimum atomic E-state index is 0. The summed E-state index contributed by atoms with van der Waals surface area (Å²) in [5.74, 6) is 1.73. The van der Waals surface area contributed by atoms with E-state index in [2.05, 4.69) is 18.7 Å². The smallest absolute Gasteiger partial charge is 0.164 e. The van der Waals surface area contributed by atoms with Gasteiger partial charge in [-0.3, -0.25) is 4.79 Å². The number of ketones is 1. The van der Waals surface area contributed by atoms with Crippen LogP contribution in [0.4, 0.5) is 0 Å². The van der Waals surface area contributed by atoms with Crippen LogP contribution in [0.1, 0.15) is 36.2 Å². The number of ether oxygens (including phenoxy) is 1. The Morgan fingerprint density at radius 2 is 1.42 bits per heavy atom. The van der Waals surface area contributed by atoms with E-state index in [-0.39, 0.29) is 18.2 Å². The molecular formula is C20H26ClNO2. The van der Waals surface area contributed by atoms with Gasteiger partial charge in [-0.25, -0.2) is 0 Å². The Morgan fingerprint density at radius 3 is 1.92 bits per heavy atom. The number of rotatable bonds is 8. The zero-order valence-corrected chi connectivity index (χ0v) is 15.4. The first-order valence-corrected chi connectivity index (χ1v) is 8.22. The molecule has 0 radical (unpaired) electrons. The van der Waals surface area contributed by atoms with Crippen molar-refractivity contribution in [3.63, 3.8) is 0 Å². The largest absolute Gasteiger partial charge is 0.457 e. The zero-order chi connectivity index (χ0) is 16.7. The number of carbonyl (C=O) groups excluding carboxylic acids is 1. The predicted molar refractivity (Wildman–Crippen MR) is 102 cm³/mol. The van der Waals surface area contributed by atoms with Gasteiger partial charge in [-0.05, 0) is 56.4 Å². The topological polar surface area (TPSA) is 29.5 Å². The van der Waals surface area contributed by atoms with Crippen LogP contribution in [-0.2, 0) is 0 Å². The molecule has 0 fully saturated rings. The first kappa shape index (κ1) is 20.2. The van der Waals surface area contributed by atoms with E-state index >= 15 is 0 Å². The Morgan fingerprint density at radius 1 is 0.917 bits per heavy atom. The van der Waals surface area contributed by atoms with Gasteiger partial charge in [0.2, 0.25) is 0 Å². The molecule has 0 saturated heterocycles. The first-order chi connectivity index (χ1) is 11.1. The predicted octanol–water partition coefficient (Wildman–Crippen LogP) is 5.12. The second kappa shape index (κ2) is 10.1. The lowest BCUT2D eigenvalue weighted by Gasteiger charge is -2.17. The van der Waals surface area contributed by atoms with E-state index < -0.39 is 0 Å². The quantitative estimate of drug-likeness (QED) is 0.620. The van der Waals surface area contributed by atoms with Crippen LogP contribution in [0.2, 0.25) is 0 Å². The molecule has 0 atom stereocenters. The van der Waals surface area contributed by atoms with Gasteiger partial charge in [0, 0.05) is 18.5 Å². The summed E-state index contributed by atoms with van der Waals surface area (Å²) in [4.78, 5) is 14.5. The van der Waals surface area contributed by atoms with E-state index in [9.17, 15) is 4.79 Å². The molecule has 0 N–H and O–H groups in total. The average molecular weight is 348 g/mol. The van der Waals surface area contributed by atoms with E-state index in [4.69, 9.17) is 4.74 Å². The van der Waals surface area contributed by atoms with E-state index in [1.165, 1.54) is 5.56 Å². The molecular weight excluding hydrogens is 322 g/mol. The van der Waals surface area contributed by atoms with Gasteiger partial charge in [0.1, 0.15) is 11.5 Å². The lowest BCUT2D eigenvalue weighted by atomic mass is 10.1. The third kappa shape index (κ3) is 5.99. The highest BCUT2D eigenvalue weighted by atomic mass is 35.5. The normalized spacial score (nSPS) is 10.3. The van der Waals surface area contributed by atoms with Gasteiger partial charge >= 0.3 is 0 Å². The summed E-state index contributed by atoms with van der Waals surface area (Å²) < 4.78 is 5.78. The summed E-state index contributed by atoms with van der Waals surface area (Å²) in [7, 11) is 0. The number of carbonyl (C=O) groups is 1. The fourth-order valence-electron chi connectivity index (χ4n) is 2.40. The summed E-state index contributed by atoms with van der Waals surface area (Å²) in [6.07, 6.45) is 0.555. The monoisotopic (exact) mass is 347 g/mol. The Balaban J connectivity index is 0.00000288. The molecule has 0 amide bonds. The summed E-state index contributed by atoms with van der Waals surface area (Å²) in [6.45, 7) is 9.05. The first-order valence-electron chi connectivity index (χ1n) is 8.22. The highest BCUT2D eigenvalue weighted by Crippen LogP contribution is 2.22. The number of benzene rings is 2. The van der Waals surface area contributed by atoms with Crippen molar-refractivity contribution in [3.8, 4) is 11.5 Å². The molecule has 3 nitrogen and oxygen atoms in total. The fourth-order valence-corrected chi connectivity index (χ4v) is 2.40. The highest BCUT2D eigenvalue weighted by Gasteiger charge is 2.08. The van der Waals surface area contributed by atoms with Gasteiger partial charge in [-0.2, -0.15) is 0 Å². The Kier molecular flexibility index (Phi) is 8.51. The minimum Gasteiger partial charge on any atom is -0.457 e. The maximum absolute atomic E-state index is 12.2. The van der Waals surface area contributed by atoms with Crippen molar-refractivity contribution < 1.29 is 9.53 Å². The molecule has 0 aliphatic rings. The standard InChI is InChI=1S/C20H25NO2.ClH/c1-4-21(5-2)15-14-20(22)17-8-12-19(13-9-17)23-18-10-6-16(3)7-11-18;/h6-13H,4-5,14-15H2,1-3H3;1H. The van der Waals surface area contributed by atoms with Crippen molar-refractivity contribution in [2.24, 2.45) is 0 Å². The zero-order valence-electron chi connectivity index (χ0n) is 14.6. The van der Waals surface area contributed by atoms with Crippen molar-refractivity contribution in [2.75, 3.05) is 19.6 Å². The van der Waals surface area contributed by atoms with E-state index in [0.717, 1.165) is 36.7 Å². The molecule has 2 rings (SSSR count). The Hall–Kier alpha value is -1.84. The second-order valence-corrected chi connectivity index (χ2v) is 5.64. The number of halogens is 1. The van der Waals surface area contributed by atoms with Gasteiger partial charge in [0.05, 0.1) is 0 Å². The van der Waals surface area contributed by atoms with Gasteiger partial charge in [-0.1, -0.05) is 31.5 Å². The van der Waals surface area contributed by atoms with Crippen molar-refractivity contribution in [1.29, 1.82) is 0 Å².